The predicted molar refractivity (Wildman–Crippen MR) is 321 cm³/mol. The third kappa shape index (κ3) is 6.47. The molecular formula is C70H46N8. The number of aromatic nitrogens is 8. The molecule has 0 unspecified atom stereocenters. The molecule has 8 nitrogen and oxygen atoms in total. The average Bonchev–Trinajstić information content (AvgIpc) is 4.41. The maximum atomic E-state index is 6.42. The monoisotopic (exact) mass is 998 g/mol. The number of para-hydroxylation sites is 3. The van der Waals surface area contributed by atoms with E-state index in [1.54, 1.807) is 0 Å². The van der Waals surface area contributed by atoms with Crippen LogP contribution in [0.1, 0.15) is 11.1 Å². The number of nitrogens with zero attached hydrogens (tertiary/aromatic N) is 8. The van der Waals surface area contributed by atoms with Crippen molar-refractivity contribution in [3.05, 3.63) is 255 Å². The Morgan fingerprint density at radius 1 is 0.269 bits per heavy atom. The molecule has 366 valence electrons. The molecule has 8 aromatic carbocycles. The normalized spacial score (nSPS) is 12.0. The summed E-state index contributed by atoms with van der Waals surface area (Å²) in [5.74, 6) is 1.53. The van der Waals surface area contributed by atoms with E-state index >= 15 is 0 Å². The van der Waals surface area contributed by atoms with E-state index in [9.17, 15) is 0 Å². The van der Waals surface area contributed by atoms with Crippen LogP contribution in [-0.4, -0.2) is 38.2 Å². The molecule has 0 spiro atoms. The Balaban J connectivity index is 1.20. The molecule has 0 aliphatic heterocycles. The second-order valence-electron chi connectivity index (χ2n) is 20.5. The molecule has 0 aliphatic carbocycles. The van der Waals surface area contributed by atoms with Crippen LogP contribution in [0.5, 0.6) is 0 Å². The van der Waals surface area contributed by atoms with E-state index in [-0.39, 0.29) is 0 Å². The molecule has 0 N–H and O–H groups in total. The van der Waals surface area contributed by atoms with Crippen LogP contribution >= 0.6 is 0 Å². The van der Waals surface area contributed by atoms with Crippen molar-refractivity contribution < 1.29 is 0 Å². The fourth-order valence-electron chi connectivity index (χ4n) is 12.7. The van der Waals surface area contributed by atoms with Crippen LogP contribution in [0, 0.1) is 13.8 Å². The summed E-state index contributed by atoms with van der Waals surface area (Å²) in [5, 5.41) is 8.69. The highest BCUT2D eigenvalue weighted by atomic mass is 15.2. The predicted octanol–water partition coefficient (Wildman–Crippen LogP) is 17.3. The molecular weight excluding hydrogens is 953 g/mol. The highest BCUT2D eigenvalue weighted by molar-refractivity contribution is 6.16. The number of hydrogen-bond acceptors (Lipinski definition) is 4. The Hall–Kier alpha value is -10.4. The van der Waals surface area contributed by atoms with E-state index in [0.29, 0.717) is 0 Å². The smallest absolute Gasteiger partial charge is 0.165 e. The van der Waals surface area contributed by atoms with E-state index in [1.807, 2.05) is 37.2 Å². The van der Waals surface area contributed by atoms with Crippen molar-refractivity contribution in [2.75, 3.05) is 0 Å². The van der Waals surface area contributed by atoms with Crippen LogP contribution in [0.15, 0.2) is 243 Å². The summed E-state index contributed by atoms with van der Waals surface area (Å²) in [7, 11) is 0. The number of rotatable bonds is 7. The zero-order valence-electron chi connectivity index (χ0n) is 42.7. The van der Waals surface area contributed by atoms with E-state index < -0.39 is 0 Å². The molecule has 0 atom stereocenters. The van der Waals surface area contributed by atoms with Crippen LogP contribution in [-0.2, 0) is 0 Å². The molecule has 0 radical (unpaired) electrons. The van der Waals surface area contributed by atoms with Crippen molar-refractivity contribution in [1.82, 2.24) is 38.2 Å². The maximum Gasteiger partial charge on any atom is 0.165 e. The Morgan fingerprint density at radius 2 is 0.628 bits per heavy atom. The fraction of sp³-hybridized carbons (Fsp3) is 0.0286. The molecule has 0 fully saturated rings. The first kappa shape index (κ1) is 43.9. The number of benzene rings is 8. The van der Waals surface area contributed by atoms with Gasteiger partial charge < -0.3 is 9.13 Å². The fourth-order valence-corrected chi connectivity index (χ4v) is 12.7. The van der Waals surface area contributed by atoms with Crippen molar-refractivity contribution in [1.29, 1.82) is 0 Å². The first-order valence-corrected chi connectivity index (χ1v) is 26.4. The van der Waals surface area contributed by atoms with Crippen molar-refractivity contribution in [2.24, 2.45) is 0 Å². The molecule has 78 heavy (non-hydrogen) atoms. The van der Waals surface area contributed by atoms with E-state index in [4.69, 9.17) is 19.9 Å². The molecule has 0 amide bonds. The molecule has 0 saturated heterocycles. The van der Waals surface area contributed by atoms with E-state index in [1.165, 1.54) is 0 Å². The summed E-state index contributed by atoms with van der Waals surface area (Å²) in [6.07, 6.45) is 11.7. The lowest BCUT2D eigenvalue weighted by Gasteiger charge is -2.27. The van der Waals surface area contributed by atoms with Gasteiger partial charge in [-0.25, -0.2) is 4.98 Å². The van der Waals surface area contributed by atoms with Crippen LogP contribution < -0.4 is 0 Å². The number of pyridine rings is 4. The van der Waals surface area contributed by atoms with Gasteiger partial charge in [-0.3, -0.25) is 24.1 Å². The second-order valence-corrected chi connectivity index (χ2v) is 20.5. The maximum absolute atomic E-state index is 6.42. The molecule has 0 bridgehead atoms. The van der Waals surface area contributed by atoms with Gasteiger partial charge in [0.15, 0.2) is 11.6 Å². The van der Waals surface area contributed by atoms with Crippen molar-refractivity contribution in [3.8, 4) is 56.4 Å². The second kappa shape index (κ2) is 17.0. The summed E-state index contributed by atoms with van der Waals surface area (Å²) in [5.41, 5.74) is 19.0. The third-order valence-corrected chi connectivity index (χ3v) is 15.9. The van der Waals surface area contributed by atoms with Gasteiger partial charge in [0.05, 0.1) is 44.1 Å². The lowest BCUT2D eigenvalue weighted by Crippen LogP contribution is -2.16. The first-order chi connectivity index (χ1) is 38.6. The minimum absolute atomic E-state index is 0.763. The van der Waals surface area contributed by atoms with Crippen molar-refractivity contribution in [3.63, 3.8) is 0 Å². The third-order valence-electron chi connectivity index (χ3n) is 15.9. The Kier molecular flexibility index (Phi) is 9.59. The van der Waals surface area contributed by atoms with Gasteiger partial charge in [-0.05, 0) is 102 Å². The van der Waals surface area contributed by atoms with Gasteiger partial charge >= 0.3 is 0 Å². The number of hydrogen-bond donors (Lipinski definition) is 0. The quantitative estimate of drug-likeness (QED) is 0.159. The molecule has 16 aromatic rings. The minimum atomic E-state index is 0.763. The molecule has 8 heterocycles. The molecule has 8 heteroatoms. The lowest BCUT2D eigenvalue weighted by atomic mass is 9.97. The molecule has 16 rings (SSSR count). The Labute approximate surface area is 448 Å². The standard InChI is InChI=1S/C70H46N8/c1-43-35-44(2)37-49(36-43)66-67(75-58-22-12-9-19-50(58)55-40-71-32-29-63(55)75)69(77-60-24-14-11-21-52(60)57-42-73-34-31-65(57)77)74-70(68(66)76-59-23-13-10-20-51(59)56-41-72-33-30-64(56)76)78-61-27-25-47(45-15-5-3-6-16-45)38-53(61)54-39-48(26-28-62(54)78)46-17-7-4-8-18-46/h3-42H,1-2H3. The molecule has 8 aromatic heterocycles. The molecule has 0 aliphatic rings. The Morgan fingerprint density at radius 3 is 1.06 bits per heavy atom. The summed E-state index contributed by atoms with van der Waals surface area (Å²) < 4.78 is 9.74. The Bertz CT molecular complexity index is 4840. The highest BCUT2D eigenvalue weighted by Gasteiger charge is 2.33. The number of fused-ring (bicyclic) bond motifs is 12. The van der Waals surface area contributed by atoms with E-state index in [2.05, 4.69) is 238 Å². The SMILES string of the molecule is Cc1cc(C)cc(-c2c(-n3c4ccccc4c4cnccc43)c(-n3c4ccccc4c4cnccc43)nc(-n3c4ccc(-c5ccccc5)cc4c4cc(-c5ccccc5)ccc43)c2-n2c3ccccc3c3cnccc32)c1. The van der Waals surface area contributed by atoms with Gasteiger partial charge in [0, 0.05) is 85.8 Å². The zero-order chi connectivity index (χ0) is 51.6. The zero-order valence-corrected chi connectivity index (χ0v) is 42.7. The van der Waals surface area contributed by atoms with Gasteiger partial charge in [0.25, 0.3) is 0 Å². The van der Waals surface area contributed by atoms with Crippen LogP contribution in [0.2, 0.25) is 0 Å². The summed E-state index contributed by atoms with van der Waals surface area (Å²) >= 11 is 0. The van der Waals surface area contributed by atoms with Gasteiger partial charge in [-0.15, -0.1) is 0 Å². The van der Waals surface area contributed by atoms with Crippen molar-refractivity contribution in [2.45, 2.75) is 13.8 Å². The van der Waals surface area contributed by atoms with Gasteiger partial charge in [-0.1, -0.05) is 157 Å². The summed E-state index contributed by atoms with van der Waals surface area (Å²) in [4.78, 5) is 20.7. The van der Waals surface area contributed by atoms with Crippen LogP contribution in [0.25, 0.3) is 144 Å². The van der Waals surface area contributed by atoms with E-state index in [0.717, 1.165) is 155 Å². The van der Waals surface area contributed by atoms with Gasteiger partial charge in [0.1, 0.15) is 11.4 Å². The van der Waals surface area contributed by atoms with Gasteiger partial charge in [0.2, 0.25) is 0 Å². The first-order valence-electron chi connectivity index (χ1n) is 26.4. The van der Waals surface area contributed by atoms with Gasteiger partial charge in [-0.2, -0.15) is 0 Å². The number of aryl methyl sites for hydroxylation is 2. The summed E-state index contributed by atoms with van der Waals surface area (Å²) in [6, 6.07) is 74.8. The summed E-state index contributed by atoms with van der Waals surface area (Å²) in [6.45, 7) is 4.41. The molecule has 0 saturated carbocycles. The van der Waals surface area contributed by atoms with Crippen molar-refractivity contribution >= 4 is 87.2 Å². The average molecular weight is 999 g/mol. The largest absolute Gasteiger partial charge is 0.305 e. The van der Waals surface area contributed by atoms with Crippen LogP contribution in [0.3, 0.4) is 0 Å². The van der Waals surface area contributed by atoms with Crippen LogP contribution in [0.4, 0.5) is 0 Å². The topological polar surface area (TPSA) is 71.3 Å². The highest BCUT2D eigenvalue weighted by Crippen LogP contribution is 2.49. The minimum Gasteiger partial charge on any atom is -0.305 e. The lowest BCUT2D eigenvalue weighted by molar-refractivity contribution is 0.960.